The molecule has 14 heavy (non-hydrogen) atoms. The average Bonchev–Trinajstić information content (AvgIpc) is 2.30. The summed E-state index contributed by atoms with van der Waals surface area (Å²) >= 11 is 0. The lowest BCUT2D eigenvalue weighted by Gasteiger charge is -2.38. The van der Waals surface area contributed by atoms with Crippen molar-refractivity contribution >= 4 is 0 Å². The number of ether oxygens (including phenoxy) is 1. The number of methoxy groups -OCH3 is 1. The monoisotopic (exact) mass is 196 g/mol. The Balaban J connectivity index is 1.91. The standard InChI is InChI=1S/C13H24O/c1-14-13-10-6-5-9-12(13)11-7-3-2-4-8-11/h11-13H,2-10H2,1H3/t12-,13+/m1/s1. The Labute approximate surface area is 88.2 Å². The van der Waals surface area contributed by atoms with Crippen molar-refractivity contribution in [1.29, 1.82) is 0 Å². The third-order valence-electron chi connectivity index (χ3n) is 4.31. The molecule has 2 rings (SSSR count). The first-order valence-electron chi connectivity index (χ1n) is 6.44. The summed E-state index contributed by atoms with van der Waals surface area (Å²) < 4.78 is 5.66. The molecule has 0 bridgehead atoms. The van der Waals surface area contributed by atoms with Gasteiger partial charge in [0.1, 0.15) is 0 Å². The second-order valence-electron chi connectivity index (χ2n) is 5.12. The molecule has 82 valence electrons. The minimum absolute atomic E-state index is 0.590. The molecule has 0 saturated heterocycles. The Morgan fingerprint density at radius 2 is 1.43 bits per heavy atom. The second kappa shape index (κ2) is 5.16. The Morgan fingerprint density at radius 3 is 2.14 bits per heavy atom. The maximum absolute atomic E-state index is 5.66. The van der Waals surface area contributed by atoms with E-state index in [2.05, 4.69) is 0 Å². The van der Waals surface area contributed by atoms with E-state index in [-0.39, 0.29) is 0 Å². The maximum atomic E-state index is 5.66. The molecule has 0 aromatic carbocycles. The van der Waals surface area contributed by atoms with Crippen LogP contribution in [0, 0.1) is 11.8 Å². The first-order chi connectivity index (χ1) is 6.92. The van der Waals surface area contributed by atoms with Gasteiger partial charge in [0.25, 0.3) is 0 Å². The summed E-state index contributed by atoms with van der Waals surface area (Å²) in [6.45, 7) is 0. The van der Waals surface area contributed by atoms with Crippen molar-refractivity contribution in [3.8, 4) is 0 Å². The van der Waals surface area contributed by atoms with Crippen LogP contribution < -0.4 is 0 Å². The lowest BCUT2D eigenvalue weighted by molar-refractivity contribution is -0.00901. The molecular formula is C13H24O. The average molecular weight is 196 g/mol. The van der Waals surface area contributed by atoms with Gasteiger partial charge in [-0.05, 0) is 24.7 Å². The van der Waals surface area contributed by atoms with Crippen molar-refractivity contribution in [1.82, 2.24) is 0 Å². The van der Waals surface area contributed by atoms with Crippen LogP contribution in [0.5, 0.6) is 0 Å². The van der Waals surface area contributed by atoms with Gasteiger partial charge >= 0.3 is 0 Å². The Bertz CT molecular complexity index is 161. The van der Waals surface area contributed by atoms with Crippen molar-refractivity contribution in [2.75, 3.05) is 7.11 Å². The highest BCUT2D eigenvalue weighted by Crippen LogP contribution is 2.39. The van der Waals surface area contributed by atoms with Gasteiger partial charge in [0.15, 0.2) is 0 Å². The van der Waals surface area contributed by atoms with E-state index in [1.54, 1.807) is 0 Å². The molecule has 2 atom stereocenters. The van der Waals surface area contributed by atoms with Gasteiger partial charge in [-0.15, -0.1) is 0 Å². The summed E-state index contributed by atoms with van der Waals surface area (Å²) in [5, 5.41) is 0. The Morgan fingerprint density at radius 1 is 0.786 bits per heavy atom. The molecule has 0 aliphatic heterocycles. The summed E-state index contributed by atoms with van der Waals surface area (Å²) in [7, 11) is 1.91. The molecule has 0 aromatic rings. The molecule has 0 spiro atoms. The van der Waals surface area contributed by atoms with Crippen LogP contribution in [0.3, 0.4) is 0 Å². The van der Waals surface area contributed by atoms with Crippen LogP contribution in [0.4, 0.5) is 0 Å². The molecule has 1 heteroatoms. The molecule has 0 unspecified atom stereocenters. The lowest BCUT2D eigenvalue weighted by atomic mass is 9.72. The molecule has 2 fully saturated rings. The third-order valence-corrected chi connectivity index (χ3v) is 4.31. The van der Waals surface area contributed by atoms with Gasteiger partial charge in [-0.2, -0.15) is 0 Å². The molecular weight excluding hydrogens is 172 g/mol. The van der Waals surface area contributed by atoms with Gasteiger partial charge in [-0.1, -0.05) is 44.9 Å². The summed E-state index contributed by atoms with van der Waals surface area (Å²) in [5.74, 6) is 1.89. The van der Waals surface area contributed by atoms with E-state index < -0.39 is 0 Å². The SMILES string of the molecule is CO[C@H]1CCCC[C@@H]1C1CCCCC1. The summed E-state index contributed by atoms with van der Waals surface area (Å²) in [6, 6.07) is 0. The zero-order chi connectivity index (χ0) is 9.80. The molecule has 0 N–H and O–H groups in total. The minimum atomic E-state index is 0.590. The normalized spacial score (nSPS) is 35.8. The van der Waals surface area contributed by atoms with Crippen LogP contribution >= 0.6 is 0 Å². The molecule has 0 radical (unpaired) electrons. The van der Waals surface area contributed by atoms with E-state index in [1.807, 2.05) is 7.11 Å². The van der Waals surface area contributed by atoms with Crippen LogP contribution in [0.2, 0.25) is 0 Å². The van der Waals surface area contributed by atoms with Gasteiger partial charge in [0.2, 0.25) is 0 Å². The molecule has 2 aliphatic carbocycles. The number of rotatable bonds is 2. The Hall–Kier alpha value is -0.0400. The maximum Gasteiger partial charge on any atom is 0.0602 e. The molecule has 2 saturated carbocycles. The fourth-order valence-corrected chi connectivity index (χ4v) is 3.52. The van der Waals surface area contributed by atoms with Gasteiger partial charge in [0, 0.05) is 7.11 Å². The number of hydrogen-bond acceptors (Lipinski definition) is 1. The van der Waals surface area contributed by atoms with Crippen molar-refractivity contribution in [2.45, 2.75) is 63.9 Å². The number of hydrogen-bond donors (Lipinski definition) is 0. The molecule has 0 heterocycles. The lowest BCUT2D eigenvalue weighted by Crippen LogP contribution is -2.33. The van der Waals surface area contributed by atoms with Crippen LogP contribution in [-0.2, 0) is 4.74 Å². The highest BCUT2D eigenvalue weighted by molar-refractivity contribution is 4.83. The largest absolute Gasteiger partial charge is 0.381 e. The van der Waals surface area contributed by atoms with Gasteiger partial charge in [-0.3, -0.25) is 0 Å². The zero-order valence-electron chi connectivity index (χ0n) is 9.50. The van der Waals surface area contributed by atoms with E-state index in [0.717, 1.165) is 11.8 Å². The quantitative estimate of drug-likeness (QED) is 0.653. The van der Waals surface area contributed by atoms with Crippen molar-refractivity contribution in [2.24, 2.45) is 11.8 Å². The predicted octanol–water partition coefficient (Wildman–Crippen LogP) is 3.77. The second-order valence-corrected chi connectivity index (χ2v) is 5.12. The fraction of sp³-hybridized carbons (Fsp3) is 1.00. The smallest absolute Gasteiger partial charge is 0.0602 e. The fourth-order valence-electron chi connectivity index (χ4n) is 3.52. The summed E-state index contributed by atoms with van der Waals surface area (Å²) in [4.78, 5) is 0. The molecule has 0 aromatic heterocycles. The van der Waals surface area contributed by atoms with Crippen molar-refractivity contribution in [3.63, 3.8) is 0 Å². The van der Waals surface area contributed by atoms with E-state index in [4.69, 9.17) is 4.74 Å². The predicted molar refractivity (Wildman–Crippen MR) is 59.3 cm³/mol. The van der Waals surface area contributed by atoms with Gasteiger partial charge in [-0.25, -0.2) is 0 Å². The summed E-state index contributed by atoms with van der Waals surface area (Å²) in [6.07, 6.45) is 13.5. The van der Waals surface area contributed by atoms with Crippen LogP contribution in [0.25, 0.3) is 0 Å². The van der Waals surface area contributed by atoms with Gasteiger partial charge in [0.05, 0.1) is 6.10 Å². The summed E-state index contributed by atoms with van der Waals surface area (Å²) in [5.41, 5.74) is 0. The van der Waals surface area contributed by atoms with E-state index in [9.17, 15) is 0 Å². The molecule has 2 aliphatic rings. The van der Waals surface area contributed by atoms with Crippen LogP contribution in [0.15, 0.2) is 0 Å². The van der Waals surface area contributed by atoms with E-state index in [0.29, 0.717) is 6.10 Å². The van der Waals surface area contributed by atoms with Crippen LogP contribution in [-0.4, -0.2) is 13.2 Å². The first kappa shape index (κ1) is 10.5. The molecule has 1 nitrogen and oxygen atoms in total. The van der Waals surface area contributed by atoms with Gasteiger partial charge < -0.3 is 4.74 Å². The minimum Gasteiger partial charge on any atom is -0.381 e. The zero-order valence-corrected chi connectivity index (χ0v) is 9.50. The topological polar surface area (TPSA) is 9.23 Å². The highest BCUT2D eigenvalue weighted by Gasteiger charge is 2.32. The third kappa shape index (κ3) is 2.31. The van der Waals surface area contributed by atoms with Crippen molar-refractivity contribution in [3.05, 3.63) is 0 Å². The highest BCUT2D eigenvalue weighted by atomic mass is 16.5. The Kier molecular flexibility index (Phi) is 3.86. The van der Waals surface area contributed by atoms with Crippen molar-refractivity contribution < 1.29 is 4.74 Å². The first-order valence-corrected chi connectivity index (χ1v) is 6.44. The van der Waals surface area contributed by atoms with E-state index in [1.165, 1.54) is 57.8 Å². The van der Waals surface area contributed by atoms with Crippen LogP contribution in [0.1, 0.15) is 57.8 Å². The molecule has 0 amide bonds. The van der Waals surface area contributed by atoms with E-state index >= 15 is 0 Å².